The molecule has 0 aliphatic heterocycles. The normalized spacial score (nSPS) is 11.9. The first-order chi connectivity index (χ1) is 59.0. The van der Waals surface area contributed by atoms with E-state index in [0.717, 1.165) is 88.8 Å². The van der Waals surface area contributed by atoms with Crippen LogP contribution in [0, 0.1) is 0 Å². The van der Waals surface area contributed by atoms with E-state index in [2.05, 4.69) is 325 Å². The predicted octanol–water partition coefficient (Wildman–Crippen LogP) is 29.4. The van der Waals surface area contributed by atoms with Gasteiger partial charge in [-0.1, -0.05) is 303 Å². The molecule has 0 unspecified atom stereocenters. The minimum Gasteiger partial charge on any atom is -0.456 e. The summed E-state index contributed by atoms with van der Waals surface area (Å²) in [5.74, 6) is 3.67. The third-order valence-corrected chi connectivity index (χ3v) is 25.9. The van der Waals surface area contributed by atoms with Crippen molar-refractivity contribution >= 4 is 161 Å². The fourth-order valence-corrected chi connectivity index (χ4v) is 20.7. The molecule has 0 bridgehead atoms. The quantitative estimate of drug-likeness (QED) is 0.126. The number of fused-ring (bicyclic) bond motifs is 23. The minimum atomic E-state index is 0.582. The maximum atomic E-state index is 6.30. The van der Waals surface area contributed by atoms with Crippen LogP contribution in [-0.4, -0.2) is 39.0 Å². The van der Waals surface area contributed by atoms with Crippen molar-refractivity contribution in [2.75, 3.05) is 0 Å². The maximum absolute atomic E-state index is 6.30. The van der Waals surface area contributed by atoms with Gasteiger partial charge in [0, 0.05) is 106 Å². The first-order valence-electron chi connectivity index (χ1n) is 40.0. The highest BCUT2D eigenvalue weighted by Gasteiger charge is 2.27. The topological polar surface area (TPSA) is 100 Å². The van der Waals surface area contributed by atoms with E-state index in [0.29, 0.717) is 34.9 Å². The zero-order valence-corrected chi connectivity index (χ0v) is 65.4. The van der Waals surface area contributed by atoms with Crippen molar-refractivity contribution < 1.29 is 4.42 Å². The van der Waals surface area contributed by atoms with Crippen molar-refractivity contribution in [2.24, 2.45) is 0 Å². The van der Waals surface area contributed by atoms with Crippen LogP contribution in [0.5, 0.6) is 0 Å². The van der Waals surface area contributed by atoms with Crippen molar-refractivity contribution in [3.8, 4) is 102 Å². The molecule has 0 atom stereocenters. The molecule has 554 valence electrons. The van der Waals surface area contributed by atoms with Crippen molar-refractivity contribution in [1.29, 1.82) is 0 Å². The molecule has 0 amide bonds. The minimum absolute atomic E-state index is 0.582. The number of furan rings is 1. The van der Waals surface area contributed by atoms with Gasteiger partial charge in [-0.25, -0.2) is 29.9 Å². The number of benzene rings is 18. The summed E-state index contributed by atoms with van der Waals surface area (Å²) in [6, 6.07) is 137. The Bertz CT molecular complexity index is 8400. The van der Waals surface area contributed by atoms with E-state index in [1.54, 1.807) is 0 Å². The molecule has 0 aliphatic carbocycles. The molecule has 0 fully saturated rings. The largest absolute Gasteiger partial charge is 0.456 e. The molecular weight excluding hydrogens is 1490 g/mol. The Morgan fingerprint density at radius 1 is 0.193 bits per heavy atom. The Kier molecular flexibility index (Phi) is 15.8. The average molecular weight is 1550 g/mol. The molecule has 119 heavy (non-hydrogen) atoms. The molecule has 25 rings (SSSR count). The predicted molar refractivity (Wildman–Crippen MR) is 497 cm³/mol. The van der Waals surface area contributed by atoms with Crippen LogP contribution in [0.3, 0.4) is 0 Å². The fraction of sp³-hybridized carbons (Fsp3) is 0. The van der Waals surface area contributed by atoms with Crippen molar-refractivity contribution in [3.05, 3.63) is 388 Å². The van der Waals surface area contributed by atoms with Crippen LogP contribution in [0.15, 0.2) is 393 Å². The van der Waals surface area contributed by atoms with Gasteiger partial charge in [-0.2, -0.15) is 0 Å². The summed E-state index contributed by atoms with van der Waals surface area (Å²) < 4.78 is 16.2. The fourth-order valence-electron chi connectivity index (χ4n) is 18.2. The Labute approximate surface area is 689 Å². The monoisotopic (exact) mass is 1550 g/mol. The number of nitrogens with zero attached hydrogens (tertiary/aromatic N) is 8. The van der Waals surface area contributed by atoms with Crippen LogP contribution in [-0.2, 0) is 0 Å². The van der Waals surface area contributed by atoms with Gasteiger partial charge in [-0.05, 0) is 140 Å². The van der Waals surface area contributed by atoms with Crippen molar-refractivity contribution in [2.45, 2.75) is 0 Å². The molecule has 7 heterocycles. The van der Waals surface area contributed by atoms with E-state index < -0.39 is 0 Å². The molecule has 0 spiro atoms. The van der Waals surface area contributed by atoms with Crippen LogP contribution in [0.25, 0.3) is 240 Å². The lowest BCUT2D eigenvalue weighted by Crippen LogP contribution is -2.03. The van der Waals surface area contributed by atoms with Gasteiger partial charge in [-0.15, -0.1) is 22.7 Å². The highest BCUT2D eigenvalue weighted by Crippen LogP contribution is 2.50. The van der Waals surface area contributed by atoms with E-state index in [1.165, 1.54) is 116 Å². The Morgan fingerprint density at radius 2 is 0.529 bits per heavy atom. The summed E-state index contributed by atoms with van der Waals surface area (Å²) in [5.41, 5.74) is 18.7. The van der Waals surface area contributed by atoms with Crippen LogP contribution >= 0.6 is 22.7 Å². The van der Waals surface area contributed by atoms with Gasteiger partial charge in [0.25, 0.3) is 0 Å². The van der Waals surface area contributed by atoms with Gasteiger partial charge in [0.15, 0.2) is 34.9 Å². The molecule has 9 nitrogen and oxygen atoms in total. The average Bonchev–Trinajstić information content (AvgIpc) is 1.60. The Morgan fingerprint density at radius 3 is 1.01 bits per heavy atom. The smallest absolute Gasteiger partial charge is 0.166 e. The first kappa shape index (κ1) is 68.0. The molecule has 7 aromatic heterocycles. The lowest BCUT2D eigenvalue weighted by Gasteiger charge is -2.15. The van der Waals surface area contributed by atoms with E-state index in [-0.39, 0.29) is 0 Å². The number of rotatable bonds is 10. The molecular formula is C108H64N8OS2. The van der Waals surface area contributed by atoms with E-state index in [4.69, 9.17) is 34.3 Å². The van der Waals surface area contributed by atoms with E-state index in [1.807, 2.05) is 95.5 Å². The SMILES string of the molecule is c1ccc(-c2nc(-c3ccc4c(c3)oc3ccccc34)nc(-c3ccccc3-n3c4ccccc4c4c5c(ccc43)sc3c(-c4ccccc4)cccc35)n2)cc1.c1ccc(-c2nc(-c3ccc4c5ccccc5c5ccccc5c4c3)nc(-c3ccccc3-n3c4ccccc4c4c5c(ccc43)sc3c(-c4ccccc4)cccc35)n2)cc1. The molecule has 18 aromatic carbocycles. The first-order valence-corrected chi connectivity index (χ1v) is 41.6. The molecule has 11 heteroatoms. The standard InChI is InChI=1S/C57H34N4S.C51H30N4OS/c1-3-16-35(17-4-1)38-26-15-27-46-53-51(62-54(38)46)33-32-50-52(53)44-24-11-13-28-48(44)61(50)49-29-14-12-25-45(49)57-59-55(36-18-5-2-6-19-36)58-56(60-57)37-30-31-43-41-22-8-7-20-39(41)40-21-9-10-23-42(40)47(43)34-37;1-3-14-31(15-4-1)34-21-13-22-39-47-45(57-48(34)39)29-28-42-46(47)37-19-7-10-23-40(37)55(42)41-24-11-8-20-38(41)51-53-49(32-16-5-2-6-17-32)52-50(54-51)33-26-27-36-35-18-9-12-25-43(35)56-44(36)30-33/h1-34H;1-30H. The van der Waals surface area contributed by atoms with E-state index in [9.17, 15) is 0 Å². The number of thiophene rings is 2. The molecule has 0 radical (unpaired) electrons. The second-order valence-corrected chi connectivity index (χ2v) is 32.3. The van der Waals surface area contributed by atoms with Crippen LogP contribution in [0.1, 0.15) is 0 Å². The summed E-state index contributed by atoms with van der Waals surface area (Å²) in [4.78, 5) is 31.3. The summed E-state index contributed by atoms with van der Waals surface area (Å²) >= 11 is 3.75. The lowest BCUT2D eigenvalue weighted by atomic mass is 9.93. The summed E-state index contributed by atoms with van der Waals surface area (Å²) in [6.45, 7) is 0. The molecule has 0 saturated heterocycles. The number of aromatic nitrogens is 8. The Hall–Kier alpha value is -15.4. The highest BCUT2D eigenvalue weighted by atomic mass is 32.1. The van der Waals surface area contributed by atoms with E-state index >= 15 is 0 Å². The summed E-state index contributed by atoms with van der Waals surface area (Å²) in [7, 11) is 0. The van der Waals surface area contributed by atoms with Gasteiger partial charge in [0.1, 0.15) is 11.2 Å². The van der Waals surface area contributed by atoms with Crippen molar-refractivity contribution in [3.63, 3.8) is 0 Å². The highest BCUT2D eigenvalue weighted by molar-refractivity contribution is 7.27. The van der Waals surface area contributed by atoms with Crippen LogP contribution < -0.4 is 0 Å². The van der Waals surface area contributed by atoms with Crippen molar-refractivity contribution in [1.82, 2.24) is 39.0 Å². The molecule has 0 saturated carbocycles. The van der Waals surface area contributed by atoms with Crippen LogP contribution in [0.2, 0.25) is 0 Å². The van der Waals surface area contributed by atoms with Gasteiger partial charge in [-0.3, -0.25) is 0 Å². The van der Waals surface area contributed by atoms with Crippen LogP contribution in [0.4, 0.5) is 0 Å². The van der Waals surface area contributed by atoms with Gasteiger partial charge in [0.2, 0.25) is 0 Å². The second-order valence-electron chi connectivity index (χ2n) is 30.2. The Balaban J connectivity index is 0.000000136. The number of hydrogen-bond donors (Lipinski definition) is 0. The van der Waals surface area contributed by atoms with Gasteiger partial charge < -0.3 is 13.6 Å². The number of para-hydroxylation sites is 5. The summed E-state index contributed by atoms with van der Waals surface area (Å²) in [5, 5.41) is 19.5. The summed E-state index contributed by atoms with van der Waals surface area (Å²) in [6.07, 6.45) is 0. The zero-order chi connectivity index (χ0) is 78.2. The van der Waals surface area contributed by atoms with Gasteiger partial charge in [0.05, 0.1) is 33.4 Å². The molecule has 25 aromatic rings. The number of hydrogen-bond acceptors (Lipinski definition) is 9. The lowest BCUT2D eigenvalue weighted by molar-refractivity contribution is 0.669. The third-order valence-electron chi connectivity index (χ3n) is 23.5. The maximum Gasteiger partial charge on any atom is 0.166 e. The van der Waals surface area contributed by atoms with Gasteiger partial charge >= 0.3 is 0 Å². The molecule has 0 aliphatic rings. The zero-order valence-electron chi connectivity index (χ0n) is 63.8. The molecule has 0 N–H and O–H groups in total. The third kappa shape index (κ3) is 11.1. The second kappa shape index (κ2) is 27.7.